The van der Waals surface area contributed by atoms with Gasteiger partial charge >= 0.3 is 0 Å². The summed E-state index contributed by atoms with van der Waals surface area (Å²) in [5.41, 5.74) is 4.06. The second-order valence-electron chi connectivity index (χ2n) is 5.72. The summed E-state index contributed by atoms with van der Waals surface area (Å²) in [5, 5.41) is 3.80. The Bertz CT molecular complexity index is 782. The van der Waals surface area contributed by atoms with Gasteiger partial charge in [-0.15, -0.1) is 11.3 Å². The number of thiazole rings is 1. The lowest BCUT2D eigenvalue weighted by Crippen LogP contribution is -2.22. The molecule has 0 radical (unpaired) electrons. The molecule has 3 rings (SSSR count). The average molecular weight is 329 g/mol. The van der Waals surface area contributed by atoms with Gasteiger partial charge in [0.1, 0.15) is 0 Å². The first-order valence-corrected chi connectivity index (χ1v) is 8.38. The molecule has 0 saturated heterocycles. The van der Waals surface area contributed by atoms with Crippen LogP contribution in [0.4, 0.5) is 5.69 Å². The summed E-state index contributed by atoms with van der Waals surface area (Å²) >= 11 is 1.66. The monoisotopic (exact) mass is 329 g/mol. The van der Waals surface area contributed by atoms with Crippen LogP contribution in [0.5, 0.6) is 0 Å². The zero-order valence-corrected chi connectivity index (χ0v) is 14.3. The van der Waals surface area contributed by atoms with E-state index in [0.29, 0.717) is 13.0 Å². The van der Waals surface area contributed by atoms with Crippen LogP contribution in [0.25, 0.3) is 11.3 Å². The SMILES string of the molecule is CC(=O)NCCc1nc(-c2ccc3c(c2)CC(=O)N3C)c(C)s1. The molecular formula is C17H19N3O2S. The van der Waals surface area contributed by atoms with E-state index >= 15 is 0 Å². The summed E-state index contributed by atoms with van der Waals surface area (Å²) in [6.07, 6.45) is 1.19. The van der Waals surface area contributed by atoms with Crippen molar-refractivity contribution < 1.29 is 9.59 Å². The normalized spacial score (nSPS) is 13.3. The summed E-state index contributed by atoms with van der Waals surface area (Å²) in [4.78, 5) is 30.3. The Balaban J connectivity index is 1.83. The second-order valence-corrected chi connectivity index (χ2v) is 7.01. The molecule has 0 fully saturated rings. The third kappa shape index (κ3) is 3.12. The summed E-state index contributed by atoms with van der Waals surface area (Å²) in [7, 11) is 1.81. The number of aromatic nitrogens is 1. The first-order chi connectivity index (χ1) is 11.0. The zero-order chi connectivity index (χ0) is 16.6. The molecule has 5 nitrogen and oxygen atoms in total. The van der Waals surface area contributed by atoms with E-state index in [1.54, 1.807) is 16.2 Å². The van der Waals surface area contributed by atoms with Crippen molar-refractivity contribution in [1.29, 1.82) is 0 Å². The zero-order valence-electron chi connectivity index (χ0n) is 13.5. The molecule has 1 aliphatic rings. The van der Waals surface area contributed by atoms with E-state index in [4.69, 9.17) is 4.98 Å². The van der Waals surface area contributed by atoms with Crippen molar-refractivity contribution in [1.82, 2.24) is 10.3 Å². The van der Waals surface area contributed by atoms with Crippen LogP contribution in [-0.2, 0) is 22.4 Å². The fourth-order valence-corrected chi connectivity index (χ4v) is 3.74. The quantitative estimate of drug-likeness (QED) is 0.936. The number of rotatable bonds is 4. The molecule has 2 amide bonds. The maximum Gasteiger partial charge on any atom is 0.231 e. The molecule has 0 bridgehead atoms. The second kappa shape index (κ2) is 6.12. The van der Waals surface area contributed by atoms with Crippen molar-refractivity contribution in [3.8, 4) is 11.3 Å². The average Bonchev–Trinajstić information content (AvgIpc) is 2.99. The van der Waals surface area contributed by atoms with Gasteiger partial charge in [-0.1, -0.05) is 6.07 Å². The van der Waals surface area contributed by atoms with Crippen LogP contribution in [0.3, 0.4) is 0 Å². The largest absolute Gasteiger partial charge is 0.356 e. The summed E-state index contributed by atoms with van der Waals surface area (Å²) in [6, 6.07) is 6.08. The highest BCUT2D eigenvalue weighted by Crippen LogP contribution is 2.34. The molecule has 120 valence electrons. The molecule has 1 aromatic heterocycles. The lowest BCUT2D eigenvalue weighted by molar-refractivity contribution is -0.119. The summed E-state index contributed by atoms with van der Waals surface area (Å²) in [6.45, 7) is 4.17. The third-order valence-corrected chi connectivity index (χ3v) is 5.01. The number of benzene rings is 1. The molecule has 0 unspecified atom stereocenters. The van der Waals surface area contributed by atoms with Crippen molar-refractivity contribution in [2.45, 2.75) is 26.7 Å². The number of hydrogen-bond acceptors (Lipinski definition) is 4. The Morgan fingerprint density at radius 2 is 2.22 bits per heavy atom. The number of anilines is 1. The molecule has 6 heteroatoms. The lowest BCUT2D eigenvalue weighted by atomic mass is 10.1. The molecule has 1 aliphatic heterocycles. The van der Waals surface area contributed by atoms with E-state index < -0.39 is 0 Å². The number of fused-ring (bicyclic) bond motifs is 1. The number of amides is 2. The van der Waals surface area contributed by atoms with Crippen molar-refractivity contribution in [3.63, 3.8) is 0 Å². The minimum absolute atomic E-state index is 0.0223. The van der Waals surface area contributed by atoms with Gasteiger partial charge < -0.3 is 10.2 Å². The lowest BCUT2D eigenvalue weighted by Gasteiger charge is -2.10. The Kier molecular flexibility index (Phi) is 4.17. The van der Waals surface area contributed by atoms with Gasteiger partial charge in [-0.05, 0) is 24.6 Å². The minimum Gasteiger partial charge on any atom is -0.356 e. The standard InChI is InChI=1S/C17H19N3O2S/c1-10-17(19-15(23-10)6-7-18-11(2)21)12-4-5-14-13(8-12)9-16(22)20(14)3/h4-5,8H,6-7,9H2,1-3H3,(H,18,21). The number of carbonyl (C=O) groups is 2. The Morgan fingerprint density at radius 1 is 1.43 bits per heavy atom. The molecule has 0 atom stereocenters. The van der Waals surface area contributed by atoms with Crippen molar-refractivity contribution in [3.05, 3.63) is 33.6 Å². The third-order valence-electron chi connectivity index (χ3n) is 3.98. The number of aryl methyl sites for hydroxylation is 1. The first-order valence-electron chi connectivity index (χ1n) is 7.56. The van der Waals surface area contributed by atoms with Gasteiger partial charge in [0.25, 0.3) is 0 Å². The van der Waals surface area contributed by atoms with Gasteiger partial charge in [0, 0.05) is 43.1 Å². The van der Waals surface area contributed by atoms with E-state index in [9.17, 15) is 9.59 Å². The van der Waals surface area contributed by atoms with Gasteiger partial charge in [-0.3, -0.25) is 9.59 Å². The van der Waals surface area contributed by atoms with E-state index in [-0.39, 0.29) is 11.8 Å². The predicted molar refractivity (Wildman–Crippen MR) is 91.8 cm³/mol. The molecule has 1 N–H and O–H groups in total. The summed E-state index contributed by atoms with van der Waals surface area (Å²) in [5.74, 6) is 0.106. The van der Waals surface area contributed by atoms with Gasteiger partial charge in [-0.25, -0.2) is 4.98 Å². The number of nitrogens with zero attached hydrogens (tertiary/aromatic N) is 2. The topological polar surface area (TPSA) is 62.3 Å². The molecule has 0 spiro atoms. The van der Waals surface area contributed by atoms with Crippen LogP contribution >= 0.6 is 11.3 Å². The van der Waals surface area contributed by atoms with Crippen molar-refractivity contribution in [2.75, 3.05) is 18.5 Å². The minimum atomic E-state index is -0.0223. The molecule has 2 aromatic rings. The Labute approximate surface area is 139 Å². The Hall–Kier alpha value is -2.21. The summed E-state index contributed by atoms with van der Waals surface area (Å²) < 4.78 is 0. The molecule has 0 saturated carbocycles. The predicted octanol–water partition coefficient (Wildman–Crippen LogP) is 2.32. The van der Waals surface area contributed by atoms with E-state index in [1.165, 1.54) is 6.92 Å². The van der Waals surface area contributed by atoms with Gasteiger partial charge in [0.05, 0.1) is 17.1 Å². The smallest absolute Gasteiger partial charge is 0.231 e. The molecule has 0 aliphatic carbocycles. The fraction of sp³-hybridized carbons (Fsp3) is 0.353. The molecule has 1 aromatic carbocycles. The molecular weight excluding hydrogens is 310 g/mol. The highest BCUT2D eigenvalue weighted by molar-refractivity contribution is 7.12. The highest BCUT2D eigenvalue weighted by atomic mass is 32.1. The number of likely N-dealkylation sites (N-methyl/N-ethyl adjacent to an activating group) is 1. The fourth-order valence-electron chi connectivity index (χ4n) is 2.79. The Morgan fingerprint density at radius 3 is 2.96 bits per heavy atom. The van der Waals surface area contributed by atoms with Crippen LogP contribution in [0.15, 0.2) is 18.2 Å². The van der Waals surface area contributed by atoms with E-state index in [0.717, 1.165) is 38.8 Å². The molecule has 2 heterocycles. The van der Waals surface area contributed by atoms with E-state index in [2.05, 4.69) is 18.3 Å². The maximum absolute atomic E-state index is 11.8. The van der Waals surface area contributed by atoms with Crippen molar-refractivity contribution >= 4 is 28.8 Å². The first kappa shape index (κ1) is 15.7. The maximum atomic E-state index is 11.8. The van der Waals surface area contributed by atoms with Crippen LogP contribution in [0, 0.1) is 6.92 Å². The van der Waals surface area contributed by atoms with Crippen LogP contribution in [0.2, 0.25) is 0 Å². The van der Waals surface area contributed by atoms with Crippen LogP contribution in [0.1, 0.15) is 22.4 Å². The highest BCUT2D eigenvalue weighted by Gasteiger charge is 2.24. The van der Waals surface area contributed by atoms with E-state index in [1.807, 2.05) is 19.2 Å². The molecule has 23 heavy (non-hydrogen) atoms. The van der Waals surface area contributed by atoms with Gasteiger partial charge in [-0.2, -0.15) is 0 Å². The van der Waals surface area contributed by atoms with Crippen LogP contribution < -0.4 is 10.2 Å². The van der Waals surface area contributed by atoms with Gasteiger partial charge in [0.15, 0.2) is 0 Å². The van der Waals surface area contributed by atoms with Gasteiger partial charge in [0.2, 0.25) is 11.8 Å². The number of hydrogen-bond donors (Lipinski definition) is 1. The number of nitrogens with one attached hydrogen (secondary N) is 1. The number of carbonyl (C=O) groups excluding carboxylic acids is 2. The van der Waals surface area contributed by atoms with Crippen molar-refractivity contribution in [2.24, 2.45) is 0 Å². The van der Waals surface area contributed by atoms with Crippen LogP contribution in [-0.4, -0.2) is 30.4 Å².